The van der Waals surface area contributed by atoms with Gasteiger partial charge in [0.2, 0.25) is 5.91 Å². The standard InChI is InChI=1S/C26H32N2O5/c1-3-28(15-9-8-14-24(29)30)25(31)18(2)16-27-26(32)33-17-23-21-12-6-4-10-19(21)20-11-5-7-13-22(20)23/h4-7,10-13,18,23H,3,8-9,14-17H2,1-2H3,(H,27,32)(H,29,30). The van der Waals surface area contributed by atoms with Crippen LogP contribution in [-0.4, -0.2) is 54.2 Å². The molecule has 176 valence electrons. The van der Waals surface area contributed by atoms with E-state index in [1.165, 1.54) is 11.1 Å². The predicted molar refractivity (Wildman–Crippen MR) is 126 cm³/mol. The summed E-state index contributed by atoms with van der Waals surface area (Å²) in [5.74, 6) is -1.30. The lowest BCUT2D eigenvalue weighted by molar-refractivity contribution is -0.137. The van der Waals surface area contributed by atoms with Gasteiger partial charge in [-0.1, -0.05) is 55.5 Å². The highest BCUT2D eigenvalue weighted by molar-refractivity contribution is 5.80. The highest BCUT2D eigenvalue weighted by atomic mass is 16.5. The Kier molecular flexibility index (Phi) is 8.46. The molecule has 1 aliphatic carbocycles. The van der Waals surface area contributed by atoms with Crippen LogP contribution in [0.15, 0.2) is 48.5 Å². The van der Waals surface area contributed by atoms with E-state index in [-0.39, 0.29) is 31.4 Å². The number of fused-ring (bicyclic) bond motifs is 3. The van der Waals surface area contributed by atoms with Crippen molar-refractivity contribution in [2.75, 3.05) is 26.2 Å². The van der Waals surface area contributed by atoms with Crippen molar-refractivity contribution in [3.8, 4) is 11.1 Å². The van der Waals surface area contributed by atoms with E-state index in [0.717, 1.165) is 11.1 Å². The fourth-order valence-electron chi connectivity index (χ4n) is 4.29. The number of carbonyl (C=O) groups is 3. The van der Waals surface area contributed by atoms with Crippen LogP contribution in [0.3, 0.4) is 0 Å². The SMILES string of the molecule is CCN(CCCCC(=O)O)C(=O)C(C)CNC(=O)OCC1c2ccccc2-c2ccccc21. The van der Waals surface area contributed by atoms with Gasteiger partial charge in [-0.15, -0.1) is 0 Å². The second-order valence-corrected chi connectivity index (χ2v) is 8.38. The van der Waals surface area contributed by atoms with Crippen molar-refractivity contribution in [1.29, 1.82) is 0 Å². The van der Waals surface area contributed by atoms with E-state index in [1.807, 2.05) is 31.2 Å². The third-order valence-corrected chi connectivity index (χ3v) is 6.08. The second kappa shape index (κ2) is 11.5. The summed E-state index contributed by atoms with van der Waals surface area (Å²) >= 11 is 0. The number of nitrogens with zero attached hydrogens (tertiary/aromatic N) is 1. The van der Waals surface area contributed by atoms with Crippen LogP contribution in [0, 0.1) is 5.92 Å². The molecule has 0 heterocycles. The van der Waals surface area contributed by atoms with Crippen LogP contribution >= 0.6 is 0 Å². The van der Waals surface area contributed by atoms with Crippen molar-refractivity contribution in [3.63, 3.8) is 0 Å². The Balaban J connectivity index is 1.47. The Bertz CT molecular complexity index is 945. The highest BCUT2D eigenvalue weighted by Gasteiger charge is 2.29. The maximum absolute atomic E-state index is 12.7. The van der Waals surface area contributed by atoms with Crippen LogP contribution in [0.5, 0.6) is 0 Å². The molecule has 2 aromatic carbocycles. The summed E-state index contributed by atoms with van der Waals surface area (Å²) in [5.41, 5.74) is 4.64. The Labute approximate surface area is 194 Å². The Hall–Kier alpha value is -3.35. The van der Waals surface area contributed by atoms with E-state index in [0.29, 0.717) is 25.9 Å². The summed E-state index contributed by atoms with van der Waals surface area (Å²) in [6.07, 6.45) is 0.732. The molecular formula is C26H32N2O5. The van der Waals surface area contributed by atoms with E-state index in [4.69, 9.17) is 9.84 Å². The van der Waals surface area contributed by atoms with Crippen molar-refractivity contribution in [2.45, 2.75) is 39.0 Å². The molecule has 0 radical (unpaired) electrons. The smallest absolute Gasteiger partial charge is 0.407 e. The maximum atomic E-state index is 12.7. The monoisotopic (exact) mass is 452 g/mol. The van der Waals surface area contributed by atoms with Gasteiger partial charge in [0.25, 0.3) is 0 Å². The van der Waals surface area contributed by atoms with Gasteiger partial charge >= 0.3 is 12.1 Å². The minimum Gasteiger partial charge on any atom is -0.481 e. The summed E-state index contributed by atoms with van der Waals surface area (Å²) in [4.78, 5) is 37.4. The topological polar surface area (TPSA) is 95.9 Å². The normalized spacial score (nSPS) is 13.0. The van der Waals surface area contributed by atoms with Crippen LogP contribution in [0.4, 0.5) is 4.79 Å². The van der Waals surface area contributed by atoms with Gasteiger partial charge in [0.15, 0.2) is 0 Å². The van der Waals surface area contributed by atoms with Crippen molar-refractivity contribution < 1.29 is 24.2 Å². The van der Waals surface area contributed by atoms with Gasteiger partial charge in [0.05, 0.1) is 5.92 Å². The fourth-order valence-corrected chi connectivity index (χ4v) is 4.29. The fraction of sp³-hybridized carbons (Fsp3) is 0.423. The number of carbonyl (C=O) groups excluding carboxylic acids is 2. The van der Waals surface area contributed by atoms with Gasteiger partial charge < -0.3 is 20.1 Å². The molecule has 2 N–H and O–H groups in total. The van der Waals surface area contributed by atoms with Gasteiger partial charge in [-0.3, -0.25) is 9.59 Å². The van der Waals surface area contributed by atoms with Crippen LogP contribution in [0.25, 0.3) is 11.1 Å². The molecule has 1 aliphatic rings. The molecule has 0 saturated carbocycles. The summed E-state index contributed by atoms with van der Waals surface area (Å²) in [5, 5.41) is 11.4. The van der Waals surface area contributed by atoms with E-state index in [9.17, 15) is 14.4 Å². The van der Waals surface area contributed by atoms with Crippen molar-refractivity contribution in [1.82, 2.24) is 10.2 Å². The van der Waals surface area contributed by atoms with Crippen LogP contribution in [-0.2, 0) is 14.3 Å². The van der Waals surface area contributed by atoms with Crippen LogP contribution in [0.2, 0.25) is 0 Å². The zero-order valence-corrected chi connectivity index (χ0v) is 19.3. The number of carboxylic acids is 1. The maximum Gasteiger partial charge on any atom is 0.407 e. The van der Waals surface area contributed by atoms with E-state index in [2.05, 4.69) is 29.6 Å². The van der Waals surface area contributed by atoms with E-state index in [1.54, 1.807) is 11.8 Å². The van der Waals surface area contributed by atoms with Crippen molar-refractivity contribution in [2.24, 2.45) is 5.92 Å². The molecule has 0 spiro atoms. The summed E-state index contributed by atoms with van der Waals surface area (Å²) in [6, 6.07) is 16.3. The molecule has 3 rings (SSSR count). The molecular weight excluding hydrogens is 420 g/mol. The molecule has 1 unspecified atom stereocenters. The zero-order valence-electron chi connectivity index (χ0n) is 19.3. The average molecular weight is 453 g/mol. The van der Waals surface area contributed by atoms with Gasteiger partial charge in [0.1, 0.15) is 6.61 Å². The Morgan fingerprint density at radius 3 is 2.21 bits per heavy atom. The number of unbranched alkanes of at least 4 members (excludes halogenated alkanes) is 1. The first-order valence-electron chi connectivity index (χ1n) is 11.5. The number of rotatable bonds is 11. The Morgan fingerprint density at radius 1 is 1.03 bits per heavy atom. The number of hydrogen-bond acceptors (Lipinski definition) is 4. The summed E-state index contributed by atoms with van der Waals surface area (Å²) in [6.45, 7) is 5.12. The van der Waals surface area contributed by atoms with E-state index < -0.39 is 18.0 Å². The first kappa shape index (κ1) is 24.3. The molecule has 0 aromatic heterocycles. The number of carboxylic acid groups (broad SMARTS) is 1. The van der Waals surface area contributed by atoms with Crippen molar-refractivity contribution in [3.05, 3.63) is 59.7 Å². The molecule has 0 bridgehead atoms. The molecule has 2 amide bonds. The lowest BCUT2D eigenvalue weighted by Crippen LogP contribution is -2.41. The number of benzene rings is 2. The molecule has 7 nitrogen and oxygen atoms in total. The molecule has 0 saturated heterocycles. The minimum atomic E-state index is -0.829. The van der Waals surface area contributed by atoms with Crippen LogP contribution in [0.1, 0.15) is 50.2 Å². The zero-order chi connectivity index (χ0) is 23.8. The van der Waals surface area contributed by atoms with Gasteiger partial charge in [0, 0.05) is 32.0 Å². The van der Waals surface area contributed by atoms with E-state index >= 15 is 0 Å². The average Bonchev–Trinajstić information content (AvgIpc) is 3.14. The van der Waals surface area contributed by atoms with Gasteiger partial charge in [-0.05, 0) is 42.0 Å². The third kappa shape index (κ3) is 6.12. The van der Waals surface area contributed by atoms with Gasteiger partial charge in [-0.25, -0.2) is 4.79 Å². The number of ether oxygens (including phenoxy) is 1. The number of hydrogen-bond donors (Lipinski definition) is 2. The molecule has 7 heteroatoms. The Morgan fingerprint density at radius 2 is 1.64 bits per heavy atom. The largest absolute Gasteiger partial charge is 0.481 e. The first-order valence-corrected chi connectivity index (χ1v) is 11.5. The lowest BCUT2D eigenvalue weighted by atomic mass is 9.98. The third-order valence-electron chi connectivity index (χ3n) is 6.08. The molecule has 0 aliphatic heterocycles. The highest BCUT2D eigenvalue weighted by Crippen LogP contribution is 2.44. The minimum absolute atomic E-state index is 0.0106. The number of aliphatic carboxylic acids is 1. The first-order chi connectivity index (χ1) is 15.9. The number of nitrogens with one attached hydrogen (secondary N) is 1. The molecule has 1 atom stereocenters. The predicted octanol–water partition coefficient (Wildman–Crippen LogP) is 4.26. The van der Waals surface area contributed by atoms with Crippen LogP contribution < -0.4 is 5.32 Å². The molecule has 0 fully saturated rings. The van der Waals surface area contributed by atoms with Gasteiger partial charge in [-0.2, -0.15) is 0 Å². The van der Waals surface area contributed by atoms with Crippen molar-refractivity contribution >= 4 is 18.0 Å². The summed E-state index contributed by atoms with van der Waals surface area (Å²) < 4.78 is 5.53. The second-order valence-electron chi connectivity index (χ2n) is 8.38. The quantitative estimate of drug-likeness (QED) is 0.497. The molecule has 33 heavy (non-hydrogen) atoms. The number of alkyl carbamates (subject to hydrolysis) is 1. The molecule has 2 aromatic rings. The summed E-state index contributed by atoms with van der Waals surface area (Å²) in [7, 11) is 0. The number of amides is 2. The lowest BCUT2D eigenvalue weighted by Gasteiger charge is -2.24.